The van der Waals surface area contributed by atoms with Crippen molar-refractivity contribution in [3.05, 3.63) is 64.3 Å². The summed E-state index contributed by atoms with van der Waals surface area (Å²) >= 11 is 0. The van der Waals surface area contributed by atoms with Crippen LogP contribution < -0.4 is 10.5 Å². The van der Waals surface area contributed by atoms with E-state index in [9.17, 15) is 17.6 Å². The molecule has 1 aromatic carbocycles. The lowest BCUT2D eigenvalue weighted by molar-refractivity contribution is -0.917. The van der Waals surface area contributed by atoms with Crippen LogP contribution in [0.5, 0.6) is 0 Å². The maximum atomic E-state index is 13.3. The molecule has 1 atom stereocenters. The number of hydrogen-bond acceptors (Lipinski definition) is 3. The van der Waals surface area contributed by atoms with E-state index < -0.39 is 10.0 Å². The third kappa shape index (κ3) is 4.20. The molecule has 1 aliphatic heterocycles. The molecule has 0 aliphatic carbocycles. The lowest BCUT2D eigenvalue weighted by Gasteiger charge is -2.18. The van der Waals surface area contributed by atoms with Gasteiger partial charge in [-0.05, 0) is 31.0 Å². The highest BCUT2D eigenvalue weighted by atomic mass is 32.2. The van der Waals surface area contributed by atoms with Crippen molar-refractivity contribution in [3.63, 3.8) is 0 Å². The maximum absolute atomic E-state index is 13.3. The van der Waals surface area contributed by atoms with Gasteiger partial charge < -0.3 is 4.90 Å². The molecule has 1 aromatic heterocycles. The van der Waals surface area contributed by atoms with Gasteiger partial charge in [-0.2, -0.15) is 4.31 Å². The lowest BCUT2D eigenvalue weighted by atomic mass is 10.2. The normalized spacial score (nSPS) is 16.7. The highest BCUT2D eigenvalue weighted by molar-refractivity contribution is 7.89. The Morgan fingerprint density at radius 3 is 2.58 bits per heavy atom. The van der Waals surface area contributed by atoms with Gasteiger partial charge in [0, 0.05) is 30.9 Å². The second kappa shape index (κ2) is 7.69. The molecule has 1 N–H and O–H groups in total. The van der Waals surface area contributed by atoms with Crippen molar-refractivity contribution in [1.29, 1.82) is 0 Å². The third-order valence-electron chi connectivity index (χ3n) is 4.49. The number of pyridine rings is 1. The fourth-order valence-corrected chi connectivity index (χ4v) is 4.74. The van der Waals surface area contributed by atoms with Crippen LogP contribution in [0.4, 0.5) is 4.39 Å². The minimum atomic E-state index is -3.56. The Hall–Kier alpha value is -2.03. The Balaban J connectivity index is 1.78. The lowest BCUT2D eigenvalue weighted by Crippen LogP contribution is -3.07. The van der Waals surface area contributed by atoms with Gasteiger partial charge in [0.25, 0.3) is 5.56 Å². The Labute approximate surface area is 152 Å². The molecule has 0 saturated carbocycles. The molecule has 0 amide bonds. The zero-order valence-electron chi connectivity index (χ0n) is 14.7. The van der Waals surface area contributed by atoms with E-state index in [1.165, 1.54) is 39.3 Å². The summed E-state index contributed by atoms with van der Waals surface area (Å²) in [6.45, 7) is 1.85. The molecule has 6 nitrogen and oxygen atoms in total. The number of quaternary nitrogens is 1. The van der Waals surface area contributed by atoms with Gasteiger partial charge in [0.05, 0.1) is 11.9 Å². The second-order valence-corrected chi connectivity index (χ2v) is 8.64. The van der Waals surface area contributed by atoms with Crippen LogP contribution in [0.2, 0.25) is 0 Å². The molecule has 0 bridgehead atoms. The number of rotatable bonds is 6. The number of benzene rings is 1. The monoisotopic (exact) mass is 380 g/mol. The maximum Gasteiger partial charge on any atom is 0.254 e. The quantitative estimate of drug-likeness (QED) is 0.791. The van der Waals surface area contributed by atoms with Crippen LogP contribution in [0.3, 0.4) is 0 Å². The van der Waals surface area contributed by atoms with Crippen molar-refractivity contribution < 1.29 is 17.7 Å². The highest BCUT2D eigenvalue weighted by Gasteiger charge is 2.27. The Morgan fingerprint density at radius 2 is 1.88 bits per heavy atom. The first-order valence-electron chi connectivity index (χ1n) is 8.63. The Kier molecular flexibility index (Phi) is 5.55. The van der Waals surface area contributed by atoms with Crippen LogP contribution in [0, 0.1) is 5.82 Å². The van der Waals surface area contributed by atoms with Crippen LogP contribution in [0.25, 0.3) is 0 Å². The number of nitrogens with one attached hydrogen (secondary N) is 1. The largest absolute Gasteiger partial charge is 0.316 e. The molecule has 2 heterocycles. The highest BCUT2D eigenvalue weighted by Crippen LogP contribution is 2.19. The van der Waals surface area contributed by atoms with Gasteiger partial charge in [-0.1, -0.05) is 12.1 Å². The summed E-state index contributed by atoms with van der Waals surface area (Å²) in [5, 5.41) is 0. The zero-order valence-corrected chi connectivity index (χ0v) is 15.5. The second-order valence-electron chi connectivity index (χ2n) is 6.71. The van der Waals surface area contributed by atoms with Gasteiger partial charge in [0.1, 0.15) is 12.4 Å². The van der Waals surface area contributed by atoms with Crippen molar-refractivity contribution >= 4 is 10.0 Å². The van der Waals surface area contributed by atoms with Gasteiger partial charge in [-0.25, -0.2) is 12.8 Å². The molecule has 2 aromatic rings. The minimum absolute atomic E-state index is 0.137. The van der Waals surface area contributed by atoms with Crippen molar-refractivity contribution in [3.8, 4) is 0 Å². The molecule has 8 heteroatoms. The molecular formula is C18H23FN3O3S+. The van der Waals surface area contributed by atoms with E-state index in [-0.39, 0.29) is 16.3 Å². The van der Waals surface area contributed by atoms with E-state index >= 15 is 0 Å². The third-order valence-corrected chi connectivity index (χ3v) is 6.38. The van der Waals surface area contributed by atoms with Gasteiger partial charge in [-0.15, -0.1) is 0 Å². The van der Waals surface area contributed by atoms with E-state index in [4.69, 9.17) is 0 Å². The van der Waals surface area contributed by atoms with Crippen molar-refractivity contribution in [1.82, 2.24) is 8.87 Å². The van der Waals surface area contributed by atoms with E-state index in [1.54, 1.807) is 6.07 Å². The fourth-order valence-electron chi connectivity index (χ4n) is 3.21. The summed E-state index contributed by atoms with van der Waals surface area (Å²) in [7, 11) is -1.69. The first-order valence-corrected chi connectivity index (χ1v) is 10.1. The first kappa shape index (κ1) is 18.8. The summed E-state index contributed by atoms with van der Waals surface area (Å²) in [5.74, 6) is -0.300. The standard InChI is InChI=1S/C18H22FN3O3S/c1-20(12-15-5-4-6-16(19)11-15)14-21-13-17(7-8-18(21)23)26(24,25)22-9-2-3-10-22/h4-8,11,13H,2-3,9-10,12,14H2,1H3/p+1. The van der Waals surface area contributed by atoms with E-state index in [1.807, 2.05) is 13.1 Å². The molecule has 1 saturated heterocycles. The van der Waals surface area contributed by atoms with Gasteiger partial charge in [0.2, 0.25) is 10.0 Å². The summed E-state index contributed by atoms with van der Waals surface area (Å²) in [6.07, 6.45) is 3.13. The van der Waals surface area contributed by atoms with E-state index in [2.05, 4.69) is 0 Å². The first-order chi connectivity index (χ1) is 12.4. The predicted octanol–water partition coefficient (Wildman–Crippen LogP) is 0.444. The van der Waals surface area contributed by atoms with Gasteiger partial charge in [0.15, 0.2) is 6.67 Å². The molecule has 140 valence electrons. The smallest absolute Gasteiger partial charge is 0.254 e. The SMILES string of the molecule is C[NH+](Cc1cccc(F)c1)Cn1cc(S(=O)(=O)N2CCCC2)ccc1=O. The number of halogens is 1. The molecular weight excluding hydrogens is 357 g/mol. The molecule has 1 unspecified atom stereocenters. The van der Waals surface area contributed by atoms with Crippen LogP contribution in [-0.2, 0) is 23.2 Å². The van der Waals surface area contributed by atoms with Crippen LogP contribution >= 0.6 is 0 Å². The van der Waals surface area contributed by atoms with E-state index in [0.29, 0.717) is 26.3 Å². The van der Waals surface area contributed by atoms with Crippen molar-refractivity contribution in [2.24, 2.45) is 0 Å². The van der Waals surface area contributed by atoms with Crippen molar-refractivity contribution in [2.75, 3.05) is 20.1 Å². The zero-order chi connectivity index (χ0) is 18.7. The average molecular weight is 380 g/mol. The fraction of sp³-hybridized carbons (Fsp3) is 0.389. The summed E-state index contributed by atoms with van der Waals surface area (Å²) in [6, 6.07) is 8.97. The average Bonchev–Trinajstić information content (AvgIpc) is 3.12. The van der Waals surface area contributed by atoms with Crippen molar-refractivity contribution in [2.45, 2.75) is 31.0 Å². The van der Waals surface area contributed by atoms with Crippen LogP contribution in [-0.4, -0.2) is 37.4 Å². The molecule has 26 heavy (non-hydrogen) atoms. The number of nitrogens with zero attached hydrogens (tertiary/aromatic N) is 2. The van der Waals surface area contributed by atoms with Crippen LogP contribution in [0.1, 0.15) is 18.4 Å². The topological polar surface area (TPSA) is 63.8 Å². The molecule has 0 radical (unpaired) electrons. The number of sulfonamides is 1. The predicted molar refractivity (Wildman–Crippen MR) is 95.7 cm³/mol. The minimum Gasteiger partial charge on any atom is -0.316 e. The Morgan fingerprint density at radius 1 is 1.15 bits per heavy atom. The van der Waals surface area contributed by atoms with Gasteiger partial charge >= 0.3 is 0 Å². The molecule has 1 fully saturated rings. The summed E-state index contributed by atoms with van der Waals surface area (Å²) < 4.78 is 41.5. The molecule has 0 spiro atoms. The molecule has 3 rings (SSSR count). The number of aromatic nitrogens is 1. The summed E-state index contributed by atoms with van der Waals surface area (Å²) in [4.78, 5) is 13.2. The molecule has 1 aliphatic rings. The van der Waals surface area contributed by atoms with E-state index in [0.717, 1.165) is 23.3 Å². The Bertz CT molecular complexity index is 937. The van der Waals surface area contributed by atoms with Gasteiger partial charge in [-0.3, -0.25) is 9.36 Å². The summed E-state index contributed by atoms with van der Waals surface area (Å²) in [5.41, 5.74) is 0.556. The van der Waals surface area contributed by atoms with Crippen LogP contribution in [0.15, 0.2) is 52.3 Å². The number of hydrogen-bond donors (Lipinski definition) is 1.